The lowest BCUT2D eigenvalue weighted by Gasteiger charge is -2.19. The van der Waals surface area contributed by atoms with Gasteiger partial charge in [0.25, 0.3) is 0 Å². The molecule has 0 radical (unpaired) electrons. The third-order valence-electron chi connectivity index (χ3n) is 3.08. The fourth-order valence-electron chi connectivity index (χ4n) is 1.97. The molecule has 1 atom stereocenters. The Balaban J connectivity index is 2.04. The topological polar surface area (TPSA) is 58.6 Å². The molecule has 0 aliphatic carbocycles. The van der Waals surface area contributed by atoms with Crippen LogP contribution in [0, 0.1) is 0 Å². The number of hydrogen-bond acceptors (Lipinski definition) is 5. The molecule has 0 saturated carbocycles. The molecule has 1 fully saturated rings. The van der Waals surface area contributed by atoms with Crippen LogP contribution in [0.15, 0.2) is 0 Å². The van der Waals surface area contributed by atoms with Gasteiger partial charge in [0.15, 0.2) is 9.84 Å². The number of likely N-dealkylation sites (N-methyl/N-ethyl adjacent to an activating group) is 1. The zero-order chi connectivity index (χ0) is 13.6. The fourth-order valence-corrected chi connectivity index (χ4v) is 3.68. The number of nitrogens with zero attached hydrogens (tertiary/aromatic N) is 1. The quantitative estimate of drug-likeness (QED) is 0.683. The fraction of sp³-hybridized carbons (Fsp3) is 1.00. The smallest absolute Gasteiger partial charge is 0.151 e. The lowest BCUT2D eigenvalue weighted by molar-refractivity contribution is 0.0640. The van der Waals surface area contributed by atoms with Gasteiger partial charge in [-0.3, -0.25) is 0 Å². The van der Waals surface area contributed by atoms with Gasteiger partial charge in [0, 0.05) is 25.7 Å². The van der Waals surface area contributed by atoms with E-state index >= 15 is 0 Å². The molecule has 0 aromatic heterocycles. The molecule has 1 unspecified atom stereocenters. The van der Waals surface area contributed by atoms with Crippen molar-refractivity contribution < 1.29 is 13.2 Å². The third kappa shape index (κ3) is 6.68. The molecule has 1 aliphatic rings. The van der Waals surface area contributed by atoms with Gasteiger partial charge in [-0.15, -0.1) is 0 Å². The molecule has 108 valence electrons. The Morgan fingerprint density at radius 2 is 2.11 bits per heavy atom. The highest BCUT2D eigenvalue weighted by atomic mass is 32.2. The van der Waals surface area contributed by atoms with Gasteiger partial charge in [-0.1, -0.05) is 0 Å². The SMILES string of the molecule is CC(C)OCCN(C)CCNC1CCS(=O)(=O)C1. The van der Waals surface area contributed by atoms with E-state index in [1.807, 2.05) is 13.8 Å². The van der Waals surface area contributed by atoms with E-state index in [0.717, 1.165) is 32.7 Å². The van der Waals surface area contributed by atoms with Crippen molar-refractivity contribution in [1.29, 1.82) is 0 Å². The summed E-state index contributed by atoms with van der Waals surface area (Å²) in [6.07, 6.45) is 1.03. The molecule has 18 heavy (non-hydrogen) atoms. The molecule has 0 bridgehead atoms. The summed E-state index contributed by atoms with van der Waals surface area (Å²) in [5.74, 6) is 0.635. The first-order valence-electron chi connectivity index (χ1n) is 6.63. The molecule has 0 aromatic rings. The third-order valence-corrected chi connectivity index (χ3v) is 4.85. The van der Waals surface area contributed by atoms with Gasteiger partial charge in [0.05, 0.1) is 24.2 Å². The average Bonchev–Trinajstić information content (AvgIpc) is 2.57. The van der Waals surface area contributed by atoms with Crippen LogP contribution in [0.5, 0.6) is 0 Å². The van der Waals surface area contributed by atoms with E-state index < -0.39 is 9.84 Å². The number of ether oxygens (including phenoxy) is 1. The molecule has 0 spiro atoms. The molecule has 1 saturated heterocycles. The van der Waals surface area contributed by atoms with E-state index in [4.69, 9.17) is 4.74 Å². The Hall–Kier alpha value is -0.170. The Morgan fingerprint density at radius 3 is 2.67 bits per heavy atom. The highest BCUT2D eigenvalue weighted by Gasteiger charge is 2.26. The van der Waals surface area contributed by atoms with E-state index in [0.29, 0.717) is 11.5 Å². The van der Waals surface area contributed by atoms with Gasteiger partial charge < -0.3 is 15.0 Å². The normalized spacial score (nSPS) is 23.1. The van der Waals surface area contributed by atoms with Crippen molar-refractivity contribution in [2.45, 2.75) is 32.4 Å². The van der Waals surface area contributed by atoms with E-state index in [-0.39, 0.29) is 12.1 Å². The Kier molecular flexibility index (Phi) is 6.55. The van der Waals surface area contributed by atoms with Crippen LogP contribution in [-0.2, 0) is 14.6 Å². The van der Waals surface area contributed by atoms with Crippen LogP contribution in [0.4, 0.5) is 0 Å². The van der Waals surface area contributed by atoms with Crippen LogP contribution >= 0.6 is 0 Å². The second-order valence-electron chi connectivity index (χ2n) is 5.28. The van der Waals surface area contributed by atoms with Crippen LogP contribution in [0.2, 0.25) is 0 Å². The summed E-state index contributed by atoms with van der Waals surface area (Å²) in [6, 6.07) is 0.148. The molecule has 5 nitrogen and oxygen atoms in total. The average molecular weight is 278 g/mol. The lowest BCUT2D eigenvalue weighted by Crippen LogP contribution is -2.37. The van der Waals surface area contributed by atoms with Crippen molar-refractivity contribution in [3.8, 4) is 0 Å². The second-order valence-corrected chi connectivity index (χ2v) is 7.51. The van der Waals surface area contributed by atoms with E-state index in [2.05, 4.69) is 17.3 Å². The van der Waals surface area contributed by atoms with Crippen molar-refractivity contribution in [1.82, 2.24) is 10.2 Å². The maximum atomic E-state index is 11.3. The maximum Gasteiger partial charge on any atom is 0.151 e. The Labute approximate surface area is 111 Å². The molecule has 1 N–H and O–H groups in total. The zero-order valence-corrected chi connectivity index (χ0v) is 12.5. The number of rotatable bonds is 8. The van der Waals surface area contributed by atoms with Crippen molar-refractivity contribution in [3.63, 3.8) is 0 Å². The first-order valence-corrected chi connectivity index (χ1v) is 8.45. The maximum absolute atomic E-state index is 11.3. The summed E-state index contributed by atoms with van der Waals surface area (Å²) >= 11 is 0. The van der Waals surface area contributed by atoms with Gasteiger partial charge in [0.1, 0.15) is 0 Å². The summed E-state index contributed by atoms with van der Waals surface area (Å²) in [5, 5.41) is 3.31. The summed E-state index contributed by atoms with van der Waals surface area (Å²) in [4.78, 5) is 2.19. The minimum absolute atomic E-state index is 0.148. The summed E-state index contributed by atoms with van der Waals surface area (Å²) in [7, 11) is -0.714. The molecule has 1 rings (SSSR count). The van der Waals surface area contributed by atoms with E-state index in [1.165, 1.54) is 0 Å². The van der Waals surface area contributed by atoms with Crippen LogP contribution in [0.25, 0.3) is 0 Å². The van der Waals surface area contributed by atoms with Crippen molar-refractivity contribution in [2.75, 3.05) is 44.8 Å². The Bertz CT molecular complexity index is 330. The van der Waals surface area contributed by atoms with Crippen LogP contribution in [-0.4, -0.2) is 70.3 Å². The first-order chi connectivity index (χ1) is 8.39. The van der Waals surface area contributed by atoms with Crippen LogP contribution in [0.1, 0.15) is 20.3 Å². The second kappa shape index (κ2) is 7.43. The zero-order valence-electron chi connectivity index (χ0n) is 11.7. The van der Waals surface area contributed by atoms with Gasteiger partial charge in [-0.25, -0.2) is 8.42 Å². The largest absolute Gasteiger partial charge is 0.377 e. The molecule has 6 heteroatoms. The van der Waals surface area contributed by atoms with Gasteiger partial charge >= 0.3 is 0 Å². The van der Waals surface area contributed by atoms with Crippen molar-refractivity contribution in [2.24, 2.45) is 0 Å². The van der Waals surface area contributed by atoms with Gasteiger partial charge in [0.2, 0.25) is 0 Å². The molecular weight excluding hydrogens is 252 g/mol. The minimum Gasteiger partial charge on any atom is -0.377 e. The van der Waals surface area contributed by atoms with Crippen LogP contribution in [0.3, 0.4) is 0 Å². The monoisotopic (exact) mass is 278 g/mol. The summed E-state index contributed by atoms with van der Waals surface area (Å²) in [5.41, 5.74) is 0. The van der Waals surface area contributed by atoms with Crippen molar-refractivity contribution >= 4 is 9.84 Å². The molecular formula is C12H26N2O3S. The Morgan fingerprint density at radius 1 is 1.39 bits per heavy atom. The number of sulfone groups is 1. The highest BCUT2D eigenvalue weighted by Crippen LogP contribution is 2.10. The van der Waals surface area contributed by atoms with Gasteiger partial charge in [-0.2, -0.15) is 0 Å². The molecule has 0 amide bonds. The summed E-state index contributed by atoms with van der Waals surface area (Å²) in [6.45, 7) is 7.45. The first kappa shape index (κ1) is 15.9. The van der Waals surface area contributed by atoms with E-state index in [9.17, 15) is 8.42 Å². The minimum atomic E-state index is -2.77. The number of hydrogen-bond donors (Lipinski definition) is 1. The van der Waals surface area contributed by atoms with Crippen LogP contribution < -0.4 is 5.32 Å². The highest BCUT2D eigenvalue weighted by molar-refractivity contribution is 7.91. The lowest BCUT2D eigenvalue weighted by atomic mass is 10.2. The molecule has 0 aromatic carbocycles. The predicted octanol–water partition coefficient (Wildman–Crippen LogP) is 0.120. The van der Waals surface area contributed by atoms with Crippen molar-refractivity contribution in [3.05, 3.63) is 0 Å². The molecule has 1 aliphatic heterocycles. The molecule has 1 heterocycles. The standard InChI is InChI=1S/C12H26N2O3S/c1-11(2)17-8-7-14(3)6-5-13-12-4-9-18(15,16)10-12/h11-13H,4-10H2,1-3H3. The van der Waals surface area contributed by atoms with Gasteiger partial charge in [-0.05, 0) is 27.3 Å². The predicted molar refractivity (Wildman–Crippen MR) is 73.6 cm³/mol. The number of nitrogens with one attached hydrogen (secondary N) is 1. The summed E-state index contributed by atoms with van der Waals surface area (Å²) < 4.78 is 28.0. The van der Waals surface area contributed by atoms with E-state index in [1.54, 1.807) is 0 Å².